The zero-order chi connectivity index (χ0) is 7.35. The molecule has 0 aromatic heterocycles. The maximum absolute atomic E-state index is 11.1. The molecule has 0 bridgehead atoms. The number of rotatable bonds is 1. The summed E-state index contributed by atoms with van der Waals surface area (Å²) < 4.78 is 0. The Labute approximate surface area is 61.8 Å². The van der Waals surface area contributed by atoms with E-state index in [1.54, 1.807) is 0 Å². The molecule has 0 amide bonds. The maximum atomic E-state index is 11.1. The molecule has 56 valence electrons. The van der Waals surface area contributed by atoms with Crippen LogP contribution in [-0.4, -0.2) is 5.78 Å². The Kier molecular flexibility index (Phi) is 1.04. The van der Waals surface area contributed by atoms with Crippen molar-refractivity contribution in [1.82, 2.24) is 0 Å². The SMILES string of the molecule is CC(C)[C@]12CCC(=O)[C@H]1C2. The predicted octanol–water partition coefficient (Wildman–Crippen LogP) is 2.01. The van der Waals surface area contributed by atoms with Crippen LogP contribution in [0.4, 0.5) is 0 Å². The van der Waals surface area contributed by atoms with Crippen molar-refractivity contribution in [2.45, 2.75) is 33.1 Å². The van der Waals surface area contributed by atoms with Crippen molar-refractivity contribution in [3.8, 4) is 0 Å². The third-order valence-corrected chi connectivity index (χ3v) is 3.49. The molecule has 0 unspecified atom stereocenters. The average Bonchev–Trinajstić information content (AvgIpc) is 2.52. The summed E-state index contributed by atoms with van der Waals surface area (Å²) in [5.41, 5.74) is 0.483. The van der Waals surface area contributed by atoms with E-state index in [1.165, 1.54) is 12.8 Å². The van der Waals surface area contributed by atoms with Gasteiger partial charge < -0.3 is 0 Å². The largest absolute Gasteiger partial charge is 0.299 e. The molecule has 2 aliphatic carbocycles. The van der Waals surface area contributed by atoms with Crippen LogP contribution in [0, 0.1) is 17.3 Å². The first-order valence-electron chi connectivity index (χ1n) is 4.19. The van der Waals surface area contributed by atoms with Crippen LogP contribution in [0.2, 0.25) is 0 Å². The molecule has 0 radical (unpaired) electrons. The number of hydrogen-bond acceptors (Lipinski definition) is 1. The molecule has 0 aromatic carbocycles. The zero-order valence-corrected chi connectivity index (χ0v) is 6.68. The Bertz CT molecular complexity index is 183. The average molecular weight is 138 g/mol. The number of Topliss-reactive ketones (excluding diaryl/α,β-unsaturated/α-hetero) is 1. The molecule has 0 heterocycles. The lowest BCUT2D eigenvalue weighted by Gasteiger charge is -2.14. The van der Waals surface area contributed by atoms with Gasteiger partial charge in [-0.2, -0.15) is 0 Å². The van der Waals surface area contributed by atoms with Crippen LogP contribution >= 0.6 is 0 Å². The van der Waals surface area contributed by atoms with E-state index in [1.807, 2.05) is 0 Å². The first-order chi connectivity index (χ1) is 4.67. The number of hydrogen-bond donors (Lipinski definition) is 0. The van der Waals surface area contributed by atoms with E-state index in [-0.39, 0.29) is 0 Å². The second-order valence-corrected chi connectivity index (χ2v) is 4.11. The Morgan fingerprint density at radius 3 is 2.50 bits per heavy atom. The lowest BCUT2D eigenvalue weighted by molar-refractivity contribution is -0.119. The monoisotopic (exact) mass is 138 g/mol. The summed E-state index contributed by atoms with van der Waals surface area (Å²) in [6.45, 7) is 4.50. The van der Waals surface area contributed by atoms with E-state index in [9.17, 15) is 4.79 Å². The smallest absolute Gasteiger partial charge is 0.136 e. The fourth-order valence-electron chi connectivity index (χ4n) is 2.49. The molecule has 1 heteroatoms. The van der Waals surface area contributed by atoms with Crippen LogP contribution in [-0.2, 0) is 4.79 Å². The highest BCUT2D eigenvalue weighted by atomic mass is 16.1. The molecule has 2 aliphatic rings. The van der Waals surface area contributed by atoms with E-state index in [0.29, 0.717) is 17.1 Å². The second-order valence-electron chi connectivity index (χ2n) is 4.11. The molecular weight excluding hydrogens is 124 g/mol. The molecule has 0 aliphatic heterocycles. The standard InChI is InChI=1S/C9H14O/c1-6(2)9-4-3-8(10)7(9)5-9/h6-7H,3-5H2,1-2H3/t7-,9-/m1/s1. The predicted molar refractivity (Wildman–Crippen MR) is 39.6 cm³/mol. The third-order valence-electron chi connectivity index (χ3n) is 3.49. The van der Waals surface area contributed by atoms with Gasteiger partial charge in [0.05, 0.1) is 0 Å². The fraction of sp³-hybridized carbons (Fsp3) is 0.889. The van der Waals surface area contributed by atoms with Gasteiger partial charge in [-0.05, 0) is 24.2 Å². The quantitative estimate of drug-likeness (QED) is 0.541. The molecule has 0 aromatic rings. The lowest BCUT2D eigenvalue weighted by Crippen LogP contribution is -2.07. The van der Waals surface area contributed by atoms with Crippen LogP contribution in [0.3, 0.4) is 0 Å². The lowest BCUT2D eigenvalue weighted by atomic mass is 9.90. The highest BCUT2D eigenvalue weighted by Gasteiger charge is 2.62. The fourth-order valence-corrected chi connectivity index (χ4v) is 2.49. The van der Waals surface area contributed by atoms with E-state index >= 15 is 0 Å². The van der Waals surface area contributed by atoms with Crippen molar-refractivity contribution in [2.75, 3.05) is 0 Å². The second kappa shape index (κ2) is 1.63. The molecule has 2 saturated carbocycles. The van der Waals surface area contributed by atoms with E-state index in [0.717, 1.165) is 12.3 Å². The first-order valence-corrected chi connectivity index (χ1v) is 4.19. The van der Waals surface area contributed by atoms with Gasteiger partial charge in [-0.15, -0.1) is 0 Å². The molecule has 0 N–H and O–H groups in total. The van der Waals surface area contributed by atoms with Crippen LogP contribution in [0.15, 0.2) is 0 Å². The minimum Gasteiger partial charge on any atom is -0.299 e. The van der Waals surface area contributed by atoms with Gasteiger partial charge in [0, 0.05) is 12.3 Å². The van der Waals surface area contributed by atoms with Crippen molar-refractivity contribution < 1.29 is 4.79 Å². The molecule has 1 nitrogen and oxygen atoms in total. The number of carbonyl (C=O) groups excluding carboxylic acids is 1. The molecule has 2 atom stereocenters. The molecule has 0 spiro atoms. The summed E-state index contributed by atoms with van der Waals surface area (Å²) in [4.78, 5) is 11.1. The summed E-state index contributed by atoms with van der Waals surface area (Å²) >= 11 is 0. The zero-order valence-electron chi connectivity index (χ0n) is 6.68. The third kappa shape index (κ3) is 0.561. The number of carbonyl (C=O) groups is 1. The van der Waals surface area contributed by atoms with Gasteiger partial charge in [0.2, 0.25) is 0 Å². The highest BCUT2D eigenvalue weighted by molar-refractivity contribution is 5.87. The van der Waals surface area contributed by atoms with Gasteiger partial charge in [0.25, 0.3) is 0 Å². The summed E-state index contributed by atoms with van der Waals surface area (Å²) in [7, 11) is 0. The summed E-state index contributed by atoms with van der Waals surface area (Å²) in [6, 6.07) is 0. The van der Waals surface area contributed by atoms with Gasteiger partial charge in [0.1, 0.15) is 5.78 Å². The summed E-state index contributed by atoms with van der Waals surface area (Å²) in [5, 5.41) is 0. The minimum atomic E-state index is 0.479. The highest BCUT2D eigenvalue weighted by Crippen LogP contribution is 2.65. The van der Waals surface area contributed by atoms with Crippen LogP contribution in [0.25, 0.3) is 0 Å². The van der Waals surface area contributed by atoms with Crippen LogP contribution in [0.1, 0.15) is 33.1 Å². The molecule has 2 fully saturated rings. The van der Waals surface area contributed by atoms with Crippen LogP contribution < -0.4 is 0 Å². The number of ketones is 1. The van der Waals surface area contributed by atoms with Crippen molar-refractivity contribution in [3.63, 3.8) is 0 Å². The van der Waals surface area contributed by atoms with Gasteiger partial charge >= 0.3 is 0 Å². The normalized spacial score (nSPS) is 44.3. The van der Waals surface area contributed by atoms with Crippen molar-refractivity contribution >= 4 is 5.78 Å². The Balaban J connectivity index is 2.18. The first kappa shape index (κ1) is 6.38. The van der Waals surface area contributed by atoms with E-state index in [4.69, 9.17) is 0 Å². The Morgan fingerprint density at radius 2 is 2.30 bits per heavy atom. The molecule has 10 heavy (non-hydrogen) atoms. The molecule has 2 rings (SSSR count). The number of fused-ring (bicyclic) bond motifs is 1. The van der Waals surface area contributed by atoms with E-state index < -0.39 is 0 Å². The topological polar surface area (TPSA) is 17.1 Å². The maximum Gasteiger partial charge on any atom is 0.136 e. The van der Waals surface area contributed by atoms with Crippen molar-refractivity contribution in [3.05, 3.63) is 0 Å². The van der Waals surface area contributed by atoms with Crippen molar-refractivity contribution in [2.24, 2.45) is 17.3 Å². The summed E-state index contributed by atoms with van der Waals surface area (Å²) in [5.74, 6) is 1.74. The van der Waals surface area contributed by atoms with Gasteiger partial charge in [-0.1, -0.05) is 13.8 Å². The Hall–Kier alpha value is -0.330. The molecule has 0 saturated heterocycles. The van der Waals surface area contributed by atoms with Crippen molar-refractivity contribution in [1.29, 1.82) is 0 Å². The molecular formula is C9H14O. The van der Waals surface area contributed by atoms with E-state index in [2.05, 4.69) is 13.8 Å². The van der Waals surface area contributed by atoms with Crippen LogP contribution in [0.5, 0.6) is 0 Å². The minimum absolute atomic E-state index is 0.479. The van der Waals surface area contributed by atoms with Gasteiger partial charge in [0.15, 0.2) is 0 Å². The summed E-state index contributed by atoms with van der Waals surface area (Å²) in [6.07, 6.45) is 3.24. The van der Waals surface area contributed by atoms with Gasteiger partial charge in [-0.3, -0.25) is 4.79 Å². The Morgan fingerprint density at radius 1 is 1.60 bits per heavy atom. The van der Waals surface area contributed by atoms with Gasteiger partial charge in [-0.25, -0.2) is 0 Å².